The van der Waals surface area contributed by atoms with Gasteiger partial charge in [-0.1, -0.05) is 42.5 Å². The van der Waals surface area contributed by atoms with Crippen LogP contribution in [0.1, 0.15) is 31.4 Å². The molecule has 0 bridgehead atoms. The number of ether oxygens (including phenoxy) is 2. The van der Waals surface area contributed by atoms with Gasteiger partial charge in [0.25, 0.3) is 0 Å². The topological polar surface area (TPSA) is 50.8 Å². The molecule has 1 aliphatic heterocycles. The zero-order valence-corrected chi connectivity index (χ0v) is 16.8. The van der Waals surface area contributed by atoms with Gasteiger partial charge in [0, 0.05) is 26.2 Å². The summed E-state index contributed by atoms with van der Waals surface area (Å²) in [6.07, 6.45) is 0.911. The van der Waals surface area contributed by atoms with E-state index in [2.05, 4.69) is 48.3 Å². The van der Waals surface area contributed by atoms with Crippen molar-refractivity contribution in [2.45, 2.75) is 45.6 Å². The molecule has 2 aromatic carbocycles. The monoisotopic (exact) mass is 382 g/mol. The highest BCUT2D eigenvalue weighted by molar-refractivity contribution is 5.76. The van der Waals surface area contributed by atoms with Gasteiger partial charge in [-0.3, -0.25) is 9.69 Å². The van der Waals surface area contributed by atoms with Crippen molar-refractivity contribution in [2.24, 2.45) is 0 Å². The number of nitrogens with zero attached hydrogens (tertiary/aromatic N) is 1. The zero-order valence-electron chi connectivity index (χ0n) is 16.8. The maximum absolute atomic E-state index is 12.0. The largest absolute Gasteiger partial charge is 0.493 e. The molecule has 2 atom stereocenters. The lowest BCUT2D eigenvalue weighted by Crippen LogP contribution is -2.44. The quantitative estimate of drug-likeness (QED) is 0.760. The Morgan fingerprint density at radius 2 is 1.68 bits per heavy atom. The standard InChI is InChI=1S/C23H30N2O3/c1-18-15-25(16-19(2)28-18)17-21-10-8-20(9-11-21)14-24-23(26)12-13-27-22-6-4-3-5-7-22/h3-11,18-19H,12-17H2,1-2H3,(H,24,26)/t18-,19-/m1/s1. The Morgan fingerprint density at radius 3 is 2.36 bits per heavy atom. The Hall–Kier alpha value is -2.37. The number of nitrogens with one attached hydrogen (secondary N) is 1. The van der Waals surface area contributed by atoms with Gasteiger partial charge in [-0.25, -0.2) is 0 Å². The van der Waals surface area contributed by atoms with Crippen molar-refractivity contribution in [1.29, 1.82) is 0 Å². The highest BCUT2D eigenvalue weighted by atomic mass is 16.5. The first kappa shape index (κ1) is 20.4. The maximum atomic E-state index is 12.0. The number of morpholine rings is 1. The van der Waals surface area contributed by atoms with Gasteiger partial charge in [0.15, 0.2) is 0 Å². The van der Waals surface area contributed by atoms with Crippen molar-refractivity contribution in [2.75, 3.05) is 19.7 Å². The van der Waals surface area contributed by atoms with Crippen molar-refractivity contribution in [3.05, 3.63) is 65.7 Å². The Morgan fingerprint density at radius 1 is 1.04 bits per heavy atom. The summed E-state index contributed by atoms with van der Waals surface area (Å²) in [5.74, 6) is 0.784. The molecular weight excluding hydrogens is 352 g/mol. The Labute approximate surface area is 167 Å². The number of amides is 1. The molecule has 0 radical (unpaired) electrons. The lowest BCUT2D eigenvalue weighted by molar-refractivity contribution is -0.121. The second-order valence-electron chi connectivity index (χ2n) is 7.46. The van der Waals surface area contributed by atoms with E-state index in [-0.39, 0.29) is 18.1 Å². The van der Waals surface area contributed by atoms with Crippen molar-refractivity contribution >= 4 is 5.91 Å². The average molecular weight is 383 g/mol. The third-order valence-electron chi connectivity index (χ3n) is 4.76. The van der Waals surface area contributed by atoms with Crippen LogP contribution in [0.25, 0.3) is 0 Å². The lowest BCUT2D eigenvalue weighted by atomic mass is 10.1. The van der Waals surface area contributed by atoms with E-state index in [4.69, 9.17) is 9.47 Å². The molecule has 1 heterocycles. The molecule has 1 N–H and O–H groups in total. The molecule has 1 aliphatic rings. The molecule has 0 saturated carbocycles. The summed E-state index contributed by atoms with van der Waals surface area (Å²) < 4.78 is 11.3. The van der Waals surface area contributed by atoms with E-state index < -0.39 is 0 Å². The van der Waals surface area contributed by atoms with Crippen molar-refractivity contribution in [3.63, 3.8) is 0 Å². The molecule has 150 valence electrons. The Bertz CT molecular complexity index is 723. The SMILES string of the molecule is C[C@@H]1CN(Cc2ccc(CNC(=O)CCOc3ccccc3)cc2)C[C@@H](C)O1. The summed E-state index contributed by atoms with van der Waals surface area (Å²) in [4.78, 5) is 14.4. The summed E-state index contributed by atoms with van der Waals surface area (Å²) in [7, 11) is 0. The second kappa shape index (κ2) is 10.2. The molecule has 0 aliphatic carbocycles. The fraction of sp³-hybridized carbons (Fsp3) is 0.435. The van der Waals surface area contributed by atoms with Crippen molar-refractivity contribution < 1.29 is 14.3 Å². The molecule has 5 nitrogen and oxygen atoms in total. The second-order valence-corrected chi connectivity index (χ2v) is 7.46. The highest BCUT2D eigenvalue weighted by Crippen LogP contribution is 2.15. The summed E-state index contributed by atoms with van der Waals surface area (Å²) in [5.41, 5.74) is 2.39. The normalized spacial score (nSPS) is 19.9. The van der Waals surface area contributed by atoms with Gasteiger partial charge >= 0.3 is 0 Å². The fourth-order valence-corrected chi connectivity index (χ4v) is 3.50. The third kappa shape index (κ3) is 6.66. The number of carbonyl (C=O) groups is 1. The van der Waals surface area contributed by atoms with Crippen LogP contribution in [0.5, 0.6) is 5.75 Å². The van der Waals surface area contributed by atoms with Crippen LogP contribution in [0.15, 0.2) is 54.6 Å². The summed E-state index contributed by atoms with van der Waals surface area (Å²) in [5, 5.41) is 2.95. The molecule has 28 heavy (non-hydrogen) atoms. The van der Waals surface area contributed by atoms with Gasteiger partial charge in [-0.05, 0) is 37.1 Å². The van der Waals surface area contributed by atoms with Crippen LogP contribution in [0, 0.1) is 0 Å². The van der Waals surface area contributed by atoms with E-state index in [1.54, 1.807) is 0 Å². The van der Waals surface area contributed by atoms with Gasteiger partial charge in [-0.15, -0.1) is 0 Å². The third-order valence-corrected chi connectivity index (χ3v) is 4.76. The minimum atomic E-state index is -0.00343. The molecular formula is C23H30N2O3. The number of carbonyl (C=O) groups excluding carboxylic acids is 1. The number of benzene rings is 2. The Kier molecular flexibility index (Phi) is 7.46. The molecule has 0 unspecified atom stereocenters. The van der Waals surface area contributed by atoms with Gasteiger partial charge < -0.3 is 14.8 Å². The first-order valence-corrected chi connectivity index (χ1v) is 9.98. The first-order valence-electron chi connectivity index (χ1n) is 9.98. The molecule has 1 saturated heterocycles. The Balaban J connectivity index is 1.37. The lowest BCUT2D eigenvalue weighted by Gasteiger charge is -2.35. The first-order chi connectivity index (χ1) is 13.6. The van der Waals surface area contributed by atoms with Gasteiger partial charge in [0.05, 0.1) is 25.2 Å². The number of rotatable bonds is 8. The smallest absolute Gasteiger partial charge is 0.223 e. The molecule has 0 spiro atoms. The van der Waals surface area contributed by atoms with E-state index in [1.807, 2.05) is 30.3 Å². The predicted molar refractivity (Wildman–Crippen MR) is 110 cm³/mol. The van der Waals surface area contributed by atoms with E-state index in [1.165, 1.54) is 5.56 Å². The summed E-state index contributed by atoms with van der Waals surface area (Å²) in [6.45, 7) is 8.03. The van der Waals surface area contributed by atoms with E-state index in [9.17, 15) is 4.79 Å². The summed E-state index contributed by atoms with van der Waals surface area (Å²) >= 11 is 0. The van der Waals surface area contributed by atoms with E-state index in [0.29, 0.717) is 19.6 Å². The van der Waals surface area contributed by atoms with Crippen molar-refractivity contribution in [3.8, 4) is 5.75 Å². The van der Waals surface area contributed by atoms with E-state index in [0.717, 1.165) is 30.9 Å². The summed E-state index contributed by atoms with van der Waals surface area (Å²) in [6, 6.07) is 18.0. The molecule has 2 aromatic rings. The van der Waals surface area contributed by atoms with Crippen LogP contribution in [-0.2, 0) is 22.6 Å². The average Bonchev–Trinajstić information content (AvgIpc) is 2.67. The predicted octanol–water partition coefficient (Wildman–Crippen LogP) is 3.38. The van der Waals surface area contributed by atoms with Crippen LogP contribution in [0.4, 0.5) is 0 Å². The van der Waals surface area contributed by atoms with Gasteiger partial charge in [-0.2, -0.15) is 0 Å². The van der Waals surface area contributed by atoms with Crippen LogP contribution in [0.3, 0.4) is 0 Å². The zero-order chi connectivity index (χ0) is 19.8. The molecule has 0 aromatic heterocycles. The molecule has 1 amide bonds. The number of hydrogen-bond acceptors (Lipinski definition) is 4. The van der Waals surface area contributed by atoms with Crippen LogP contribution >= 0.6 is 0 Å². The highest BCUT2D eigenvalue weighted by Gasteiger charge is 2.21. The molecule has 1 fully saturated rings. The van der Waals surface area contributed by atoms with Crippen LogP contribution in [-0.4, -0.2) is 42.7 Å². The van der Waals surface area contributed by atoms with E-state index >= 15 is 0 Å². The molecule has 5 heteroatoms. The minimum Gasteiger partial charge on any atom is -0.493 e. The minimum absolute atomic E-state index is 0.00343. The maximum Gasteiger partial charge on any atom is 0.223 e. The molecule has 3 rings (SSSR count). The van der Waals surface area contributed by atoms with Gasteiger partial charge in [0.1, 0.15) is 5.75 Å². The van der Waals surface area contributed by atoms with Crippen molar-refractivity contribution in [1.82, 2.24) is 10.2 Å². The van der Waals surface area contributed by atoms with Gasteiger partial charge in [0.2, 0.25) is 5.91 Å². The fourth-order valence-electron chi connectivity index (χ4n) is 3.50. The van der Waals surface area contributed by atoms with Crippen LogP contribution in [0.2, 0.25) is 0 Å². The van der Waals surface area contributed by atoms with Crippen LogP contribution < -0.4 is 10.1 Å². The number of para-hydroxylation sites is 1. The number of hydrogen-bond donors (Lipinski definition) is 1.